The molecule has 0 unspecified atom stereocenters. The van der Waals surface area contributed by atoms with Gasteiger partial charge in [0.25, 0.3) is 0 Å². The number of anilines is 1. The number of hydrogen-bond donors (Lipinski definition) is 1. The van der Waals surface area contributed by atoms with Gasteiger partial charge < -0.3 is 15.0 Å². The summed E-state index contributed by atoms with van der Waals surface area (Å²) < 4.78 is 5.43. The maximum Gasteiger partial charge on any atom is 0.223 e. The standard InChI is InChI=1S/C14H18N2O2/c1-9(17)16-8-10-6-15-7-12(10)11-4-3-5-13(18-2)14(11)16/h3-5,10,12,15H,6-8H2,1-2H3/t10-,12-/m0/s1. The molecule has 0 radical (unpaired) electrons. The van der Waals surface area contributed by atoms with Gasteiger partial charge in [-0.15, -0.1) is 0 Å². The minimum absolute atomic E-state index is 0.0890. The minimum Gasteiger partial charge on any atom is -0.495 e. The summed E-state index contributed by atoms with van der Waals surface area (Å²) in [6.07, 6.45) is 0. The Hall–Kier alpha value is -1.55. The number of para-hydroxylation sites is 1. The molecule has 1 aromatic carbocycles. The van der Waals surface area contributed by atoms with Crippen LogP contribution in [0.1, 0.15) is 18.4 Å². The lowest BCUT2D eigenvalue weighted by molar-refractivity contribution is -0.116. The predicted octanol–water partition coefficient (Wildman–Crippen LogP) is 1.36. The number of benzene rings is 1. The van der Waals surface area contributed by atoms with Gasteiger partial charge in [-0.3, -0.25) is 4.79 Å². The zero-order chi connectivity index (χ0) is 12.7. The van der Waals surface area contributed by atoms with Crippen LogP contribution in [0.25, 0.3) is 0 Å². The Labute approximate surface area is 107 Å². The first kappa shape index (κ1) is 11.5. The molecule has 1 fully saturated rings. The molecule has 96 valence electrons. The zero-order valence-electron chi connectivity index (χ0n) is 10.8. The van der Waals surface area contributed by atoms with E-state index in [-0.39, 0.29) is 5.91 Å². The van der Waals surface area contributed by atoms with Crippen molar-refractivity contribution in [2.24, 2.45) is 5.92 Å². The van der Waals surface area contributed by atoms with E-state index in [4.69, 9.17) is 4.74 Å². The van der Waals surface area contributed by atoms with Gasteiger partial charge in [-0.05, 0) is 17.5 Å². The fourth-order valence-corrected chi connectivity index (χ4v) is 3.19. The normalized spacial score (nSPS) is 25.6. The van der Waals surface area contributed by atoms with Gasteiger partial charge in [0, 0.05) is 32.5 Å². The third-order valence-corrected chi connectivity index (χ3v) is 4.06. The summed E-state index contributed by atoms with van der Waals surface area (Å²) in [5.74, 6) is 1.92. The van der Waals surface area contributed by atoms with Gasteiger partial charge in [-0.1, -0.05) is 12.1 Å². The Kier molecular flexibility index (Phi) is 2.74. The summed E-state index contributed by atoms with van der Waals surface area (Å²) in [6.45, 7) is 4.40. The molecule has 2 atom stereocenters. The van der Waals surface area contributed by atoms with Gasteiger partial charge in [-0.2, -0.15) is 0 Å². The average molecular weight is 246 g/mol. The number of hydrogen-bond acceptors (Lipinski definition) is 3. The van der Waals surface area contributed by atoms with E-state index >= 15 is 0 Å². The summed E-state index contributed by atoms with van der Waals surface area (Å²) >= 11 is 0. The first-order chi connectivity index (χ1) is 8.72. The molecule has 1 amide bonds. The Morgan fingerprint density at radius 2 is 2.28 bits per heavy atom. The first-order valence-corrected chi connectivity index (χ1v) is 6.38. The number of fused-ring (bicyclic) bond motifs is 3. The second-order valence-corrected chi connectivity index (χ2v) is 5.05. The number of nitrogens with one attached hydrogen (secondary N) is 1. The van der Waals surface area contributed by atoms with Crippen LogP contribution in [0.2, 0.25) is 0 Å². The SMILES string of the molecule is COc1cccc2c1N(C(C)=O)C[C@@H]1CNC[C@H]21. The molecule has 1 N–H and O–H groups in total. The van der Waals surface area contributed by atoms with E-state index in [1.165, 1.54) is 5.56 Å². The topological polar surface area (TPSA) is 41.6 Å². The summed E-state index contributed by atoms with van der Waals surface area (Å²) in [4.78, 5) is 13.7. The van der Waals surface area contributed by atoms with Crippen molar-refractivity contribution in [3.05, 3.63) is 23.8 Å². The van der Waals surface area contributed by atoms with Crippen molar-refractivity contribution in [2.75, 3.05) is 31.6 Å². The highest BCUT2D eigenvalue weighted by Gasteiger charge is 2.39. The average Bonchev–Trinajstić information content (AvgIpc) is 2.85. The monoisotopic (exact) mass is 246 g/mol. The van der Waals surface area contributed by atoms with Crippen LogP contribution in [0.15, 0.2) is 18.2 Å². The third-order valence-electron chi connectivity index (χ3n) is 4.06. The van der Waals surface area contributed by atoms with Gasteiger partial charge in [0.1, 0.15) is 5.75 Å². The maximum absolute atomic E-state index is 11.9. The molecule has 2 aliphatic heterocycles. The smallest absolute Gasteiger partial charge is 0.223 e. The van der Waals surface area contributed by atoms with Gasteiger partial charge >= 0.3 is 0 Å². The van der Waals surface area contributed by atoms with E-state index in [1.807, 2.05) is 17.0 Å². The van der Waals surface area contributed by atoms with Crippen LogP contribution in [-0.2, 0) is 4.79 Å². The molecule has 1 aromatic rings. The van der Waals surface area contributed by atoms with E-state index in [0.29, 0.717) is 11.8 Å². The quantitative estimate of drug-likeness (QED) is 0.813. The zero-order valence-corrected chi connectivity index (χ0v) is 10.8. The molecule has 4 heteroatoms. The molecule has 4 nitrogen and oxygen atoms in total. The van der Waals surface area contributed by atoms with Crippen molar-refractivity contribution in [1.29, 1.82) is 0 Å². The van der Waals surface area contributed by atoms with E-state index in [9.17, 15) is 4.79 Å². The summed E-state index contributed by atoms with van der Waals surface area (Å²) in [7, 11) is 1.66. The maximum atomic E-state index is 11.9. The van der Waals surface area contributed by atoms with Gasteiger partial charge in [0.15, 0.2) is 0 Å². The Morgan fingerprint density at radius 1 is 1.44 bits per heavy atom. The van der Waals surface area contributed by atoms with Gasteiger partial charge in [0.2, 0.25) is 5.91 Å². The largest absolute Gasteiger partial charge is 0.495 e. The van der Waals surface area contributed by atoms with Gasteiger partial charge in [-0.25, -0.2) is 0 Å². The Bertz CT molecular complexity index is 487. The third kappa shape index (κ3) is 1.60. The summed E-state index contributed by atoms with van der Waals surface area (Å²) in [5, 5.41) is 3.42. The van der Waals surface area contributed by atoms with E-state index in [2.05, 4.69) is 11.4 Å². The molecule has 1 saturated heterocycles. The van der Waals surface area contributed by atoms with Crippen LogP contribution >= 0.6 is 0 Å². The predicted molar refractivity (Wildman–Crippen MR) is 70.1 cm³/mol. The minimum atomic E-state index is 0.0890. The number of carbonyl (C=O) groups is 1. The highest BCUT2D eigenvalue weighted by molar-refractivity contribution is 5.95. The Balaban J connectivity index is 2.15. The molecule has 3 rings (SSSR count). The van der Waals surface area contributed by atoms with Crippen molar-refractivity contribution in [3.63, 3.8) is 0 Å². The number of rotatable bonds is 1. The van der Waals surface area contributed by atoms with Gasteiger partial charge in [0.05, 0.1) is 12.8 Å². The fraction of sp³-hybridized carbons (Fsp3) is 0.500. The van der Waals surface area contributed by atoms with Crippen molar-refractivity contribution in [3.8, 4) is 5.75 Å². The van der Waals surface area contributed by atoms with Crippen LogP contribution in [0.3, 0.4) is 0 Å². The number of nitrogens with zero attached hydrogens (tertiary/aromatic N) is 1. The molecular formula is C14H18N2O2. The summed E-state index contributed by atoms with van der Waals surface area (Å²) in [5.41, 5.74) is 2.21. The van der Waals surface area contributed by atoms with E-state index in [1.54, 1.807) is 14.0 Å². The molecule has 0 aromatic heterocycles. The summed E-state index contributed by atoms with van der Waals surface area (Å²) in [6, 6.07) is 6.06. The molecular weight excluding hydrogens is 228 g/mol. The molecule has 18 heavy (non-hydrogen) atoms. The number of amides is 1. The highest BCUT2D eigenvalue weighted by atomic mass is 16.5. The number of ether oxygens (including phenoxy) is 1. The van der Waals surface area contributed by atoms with Crippen LogP contribution in [-0.4, -0.2) is 32.7 Å². The van der Waals surface area contributed by atoms with Crippen LogP contribution in [0.4, 0.5) is 5.69 Å². The van der Waals surface area contributed by atoms with Crippen LogP contribution in [0.5, 0.6) is 5.75 Å². The van der Waals surface area contributed by atoms with Crippen molar-refractivity contribution in [1.82, 2.24) is 5.32 Å². The molecule has 2 heterocycles. The van der Waals surface area contributed by atoms with Crippen molar-refractivity contribution < 1.29 is 9.53 Å². The van der Waals surface area contributed by atoms with Crippen LogP contribution in [0, 0.1) is 5.92 Å². The van der Waals surface area contributed by atoms with E-state index < -0.39 is 0 Å². The highest BCUT2D eigenvalue weighted by Crippen LogP contribution is 2.45. The molecule has 2 aliphatic rings. The molecule has 0 aliphatic carbocycles. The van der Waals surface area contributed by atoms with E-state index in [0.717, 1.165) is 31.1 Å². The number of carbonyl (C=O) groups excluding carboxylic acids is 1. The first-order valence-electron chi connectivity index (χ1n) is 6.38. The lowest BCUT2D eigenvalue weighted by atomic mass is 9.83. The van der Waals surface area contributed by atoms with Crippen molar-refractivity contribution in [2.45, 2.75) is 12.8 Å². The lowest BCUT2D eigenvalue weighted by Gasteiger charge is -2.36. The Morgan fingerprint density at radius 3 is 3.00 bits per heavy atom. The second kappa shape index (κ2) is 4.28. The number of methoxy groups -OCH3 is 1. The lowest BCUT2D eigenvalue weighted by Crippen LogP contribution is -2.40. The van der Waals surface area contributed by atoms with Crippen LogP contribution < -0.4 is 15.0 Å². The molecule has 0 spiro atoms. The molecule has 0 saturated carbocycles. The fourth-order valence-electron chi connectivity index (χ4n) is 3.19. The second-order valence-electron chi connectivity index (χ2n) is 5.05. The van der Waals surface area contributed by atoms with Crippen molar-refractivity contribution >= 4 is 11.6 Å². The molecule has 0 bridgehead atoms.